The van der Waals surface area contributed by atoms with Crippen LogP contribution in [0.25, 0.3) is 0 Å². The van der Waals surface area contributed by atoms with Gasteiger partial charge >= 0.3 is 0 Å². The molecule has 8 N–H and O–H groups in total. The number of amides is 2. The highest BCUT2D eigenvalue weighted by Crippen LogP contribution is 2.70. The molecule has 18 atom stereocenters. The van der Waals surface area contributed by atoms with Crippen LogP contribution in [0.5, 0.6) is 0 Å². The zero-order valence-electron chi connectivity index (χ0n) is 45.0. The summed E-state index contributed by atoms with van der Waals surface area (Å²) in [4.78, 5) is 28.9. The van der Waals surface area contributed by atoms with Crippen molar-refractivity contribution in [1.82, 2.24) is 20.9 Å². The van der Waals surface area contributed by atoms with E-state index in [0.717, 1.165) is 103 Å². The molecule has 11 heteroatoms. The van der Waals surface area contributed by atoms with Crippen molar-refractivity contribution in [1.29, 1.82) is 0 Å². The first kappa shape index (κ1) is 56.0. The Bertz CT molecular complexity index is 1630. The highest BCUT2D eigenvalue weighted by molar-refractivity contribution is 5.76. The molecule has 0 aromatic carbocycles. The number of nitrogens with zero attached hydrogens (tertiary/aromatic N) is 1. The molecule has 6 fully saturated rings. The average Bonchev–Trinajstić information content (AvgIpc) is 3.57. The average molecular weight is 957 g/mol. The summed E-state index contributed by atoms with van der Waals surface area (Å²) in [5.41, 5.74) is -0.904. The largest absolute Gasteiger partial charge is 0.393 e. The first-order chi connectivity index (χ1) is 32.0. The Morgan fingerprint density at radius 1 is 0.750 bits per heavy atom. The highest BCUT2D eigenvalue weighted by atomic mass is 16.3. The minimum atomic E-state index is -0.963. The number of fused-ring (bicyclic) bond motifs is 4. The van der Waals surface area contributed by atoms with E-state index >= 15 is 0 Å². The van der Waals surface area contributed by atoms with Gasteiger partial charge in [-0.1, -0.05) is 68.7 Å². The minimum Gasteiger partial charge on any atom is -0.393 e. The first-order valence-corrected chi connectivity index (χ1v) is 28.4. The third kappa shape index (κ3) is 11.9. The summed E-state index contributed by atoms with van der Waals surface area (Å²) >= 11 is 0. The second kappa shape index (κ2) is 23.3. The normalized spacial score (nSPS) is 40.6. The molecule has 0 spiro atoms. The molecule has 6 aliphatic carbocycles. The highest BCUT2D eigenvalue weighted by Gasteiger charge is 2.71. The fraction of sp³-hybridized carbons (Fsp3) is 0.965. The number of likely N-dealkylation sites (N-methyl/N-ethyl adjacent to an activating group) is 1. The summed E-state index contributed by atoms with van der Waals surface area (Å²) in [6, 6.07) is 0. The Labute approximate surface area is 414 Å². The van der Waals surface area contributed by atoms with Crippen LogP contribution in [0.15, 0.2) is 0 Å². The Kier molecular flexibility index (Phi) is 19.1. The standard InChI is InChI=1S/C57H104N4O7/c1-11-12-46(53(5,6)57(68)36-48-52(57)49(65)35-42-33-44(63)21-24-56(42,48)9)37(2)13-17-50(66)59-26-29-61(28-25-58-10)30-27-60-51(67)18-14-38(3)47-16-15-39(4)54(47,7)22-19-40-31-45(64)34-41-32-43(62)20-23-55(40,41)8/h37-49,52,58,62-65,68H,11-36H2,1-10H3,(H,59,66)(H,60,67)/t37-,38-,39?,40?,41?,42?,43?,44?,45?,46?,47?,48?,49?,52?,54-,55?,56?,57?/m1/s1. The lowest BCUT2D eigenvalue weighted by Crippen LogP contribution is -2.73. The van der Waals surface area contributed by atoms with Gasteiger partial charge in [-0.2, -0.15) is 0 Å². The summed E-state index contributed by atoms with van der Waals surface area (Å²) in [5.74, 6) is 3.61. The van der Waals surface area contributed by atoms with Gasteiger partial charge in [0.2, 0.25) is 11.8 Å². The number of hydrogen-bond donors (Lipinski definition) is 8. The van der Waals surface area contributed by atoms with Crippen LogP contribution in [-0.2, 0) is 9.59 Å². The van der Waals surface area contributed by atoms with Gasteiger partial charge in [0.1, 0.15) is 0 Å². The topological polar surface area (TPSA) is 175 Å². The molecule has 6 saturated carbocycles. The predicted molar refractivity (Wildman–Crippen MR) is 273 cm³/mol. The molecule has 15 unspecified atom stereocenters. The second-order valence-corrected chi connectivity index (χ2v) is 26.1. The number of aliphatic hydroxyl groups is 5. The number of nitrogens with one attached hydrogen (secondary N) is 3. The number of hydrogen-bond acceptors (Lipinski definition) is 9. The Balaban J connectivity index is 0.913. The van der Waals surface area contributed by atoms with Gasteiger partial charge in [0.05, 0.1) is 30.0 Å². The predicted octanol–water partition coefficient (Wildman–Crippen LogP) is 8.09. The monoisotopic (exact) mass is 957 g/mol. The zero-order chi connectivity index (χ0) is 49.8. The van der Waals surface area contributed by atoms with Crippen molar-refractivity contribution in [2.24, 2.45) is 80.8 Å². The van der Waals surface area contributed by atoms with Gasteiger partial charge in [0.15, 0.2) is 0 Å². The quantitative estimate of drug-likeness (QED) is 0.0476. The summed E-state index contributed by atoms with van der Waals surface area (Å²) < 4.78 is 0. The van der Waals surface area contributed by atoms with Crippen molar-refractivity contribution in [2.45, 2.75) is 221 Å². The molecular weight excluding hydrogens is 853 g/mol. The third-order valence-corrected chi connectivity index (χ3v) is 22.1. The Hall–Kier alpha value is -1.34. The van der Waals surface area contributed by atoms with Crippen molar-refractivity contribution in [2.75, 3.05) is 46.3 Å². The van der Waals surface area contributed by atoms with Crippen molar-refractivity contribution in [3.63, 3.8) is 0 Å². The van der Waals surface area contributed by atoms with E-state index in [1.54, 1.807) is 0 Å². The van der Waals surface area contributed by atoms with Crippen LogP contribution in [0.3, 0.4) is 0 Å². The van der Waals surface area contributed by atoms with E-state index in [2.05, 4.69) is 83.2 Å². The maximum absolute atomic E-state index is 13.3. The molecule has 11 nitrogen and oxygen atoms in total. The van der Waals surface area contributed by atoms with Crippen LogP contribution in [0.4, 0.5) is 0 Å². The van der Waals surface area contributed by atoms with Crippen LogP contribution in [-0.4, -0.2) is 119 Å². The molecule has 0 saturated heterocycles. The molecule has 0 bridgehead atoms. The molecule has 6 aliphatic rings. The molecular formula is C57H104N4O7. The summed E-state index contributed by atoms with van der Waals surface area (Å²) in [5, 5.41) is 65.6. The van der Waals surface area contributed by atoms with E-state index in [-0.39, 0.29) is 70.0 Å². The molecule has 394 valence electrons. The van der Waals surface area contributed by atoms with Crippen LogP contribution in [0.2, 0.25) is 0 Å². The maximum Gasteiger partial charge on any atom is 0.220 e. The fourth-order valence-corrected chi connectivity index (χ4v) is 17.1. The van der Waals surface area contributed by atoms with Gasteiger partial charge in [0.25, 0.3) is 0 Å². The minimum absolute atomic E-state index is 0.0523. The molecule has 2 amide bonds. The third-order valence-electron chi connectivity index (χ3n) is 22.1. The summed E-state index contributed by atoms with van der Waals surface area (Å²) in [6.45, 7) is 25.2. The van der Waals surface area contributed by atoms with Crippen molar-refractivity contribution in [3.05, 3.63) is 0 Å². The number of aliphatic hydroxyl groups excluding tert-OH is 4. The molecule has 0 aromatic heterocycles. The van der Waals surface area contributed by atoms with Gasteiger partial charge in [-0.25, -0.2) is 0 Å². The van der Waals surface area contributed by atoms with E-state index in [1.807, 2.05) is 7.05 Å². The van der Waals surface area contributed by atoms with Gasteiger partial charge in [-0.3, -0.25) is 14.5 Å². The van der Waals surface area contributed by atoms with Crippen LogP contribution in [0.1, 0.15) is 191 Å². The van der Waals surface area contributed by atoms with Crippen molar-refractivity contribution < 1.29 is 35.1 Å². The summed E-state index contributed by atoms with van der Waals surface area (Å²) in [7, 11) is 1.95. The lowest BCUT2D eigenvalue weighted by Gasteiger charge is -2.71. The molecule has 0 heterocycles. The van der Waals surface area contributed by atoms with Gasteiger partial charge < -0.3 is 41.5 Å². The van der Waals surface area contributed by atoms with E-state index in [0.29, 0.717) is 80.8 Å². The van der Waals surface area contributed by atoms with E-state index in [1.165, 1.54) is 19.3 Å². The lowest BCUT2D eigenvalue weighted by molar-refractivity contribution is -0.305. The molecule has 68 heavy (non-hydrogen) atoms. The smallest absolute Gasteiger partial charge is 0.220 e. The Morgan fingerprint density at radius 3 is 1.94 bits per heavy atom. The molecule has 0 aromatic rings. The van der Waals surface area contributed by atoms with Crippen LogP contribution < -0.4 is 16.0 Å². The van der Waals surface area contributed by atoms with E-state index in [9.17, 15) is 35.1 Å². The van der Waals surface area contributed by atoms with Gasteiger partial charge in [-0.05, 0) is 191 Å². The van der Waals surface area contributed by atoms with Crippen molar-refractivity contribution >= 4 is 11.8 Å². The number of rotatable bonds is 24. The zero-order valence-corrected chi connectivity index (χ0v) is 45.0. The SMILES string of the molecule is CCCC([C@H](C)CCC(=O)NCCN(CCNC)CCNC(=O)CC[C@@H](C)C1CCC(C)[C@@]1(C)CCC1CC(O)CC2CC(O)CCC12C)C(C)(C)C1(O)CC2C1C(O)CC1CC(O)CCC12C. The molecule has 6 rings (SSSR count). The van der Waals surface area contributed by atoms with E-state index < -0.39 is 17.1 Å². The lowest BCUT2D eigenvalue weighted by atomic mass is 9.36. The number of carbonyl (C=O) groups is 2. The van der Waals surface area contributed by atoms with Crippen LogP contribution in [0, 0.1) is 80.8 Å². The fourth-order valence-electron chi connectivity index (χ4n) is 17.1. The number of carbonyl (C=O) groups excluding carboxylic acids is 2. The molecule has 0 radical (unpaired) electrons. The van der Waals surface area contributed by atoms with Gasteiger partial charge in [-0.15, -0.1) is 0 Å². The van der Waals surface area contributed by atoms with Gasteiger partial charge in [0, 0.05) is 58.0 Å². The van der Waals surface area contributed by atoms with Crippen molar-refractivity contribution in [3.8, 4) is 0 Å². The van der Waals surface area contributed by atoms with E-state index in [4.69, 9.17) is 0 Å². The molecule has 0 aliphatic heterocycles. The Morgan fingerprint density at radius 2 is 1.32 bits per heavy atom. The summed E-state index contributed by atoms with van der Waals surface area (Å²) in [6.07, 6.45) is 16.4. The second-order valence-electron chi connectivity index (χ2n) is 26.1. The first-order valence-electron chi connectivity index (χ1n) is 28.4. The maximum atomic E-state index is 13.3. The van der Waals surface area contributed by atoms with Crippen LogP contribution >= 0.6 is 0 Å².